The largest absolute Gasteiger partial charge is 0.494 e. The molecule has 0 saturated carbocycles. The zero-order chi connectivity index (χ0) is 19.7. The highest BCUT2D eigenvalue weighted by atomic mass is 79.9. The second-order valence-corrected chi connectivity index (χ2v) is 7.05. The van der Waals surface area contributed by atoms with Gasteiger partial charge in [-0.2, -0.15) is 5.10 Å². The number of rotatable bonds is 5. The van der Waals surface area contributed by atoms with Gasteiger partial charge in [0.15, 0.2) is 17.4 Å². The van der Waals surface area contributed by atoms with Gasteiger partial charge in [-0.05, 0) is 39.7 Å². The number of fused-ring (bicyclic) bond motifs is 1. The summed E-state index contributed by atoms with van der Waals surface area (Å²) in [5.41, 5.74) is 2.54. The Kier molecular flexibility index (Phi) is 5.00. The molecule has 0 amide bonds. The quantitative estimate of drug-likeness (QED) is 0.418. The second-order valence-electron chi connectivity index (χ2n) is 6.25. The maximum Gasteiger partial charge on any atom is 0.165 e. The minimum atomic E-state index is -0.462. The van der Waals surface area contributed by atoms with Crippen LogP contribution in [0.2, 0.25) is 0 Å². The summed E-state index contributed by atoms with van der Waals surface area (Å²) in [6.45, 7) is 0.468. The summed E-state index contributed by atoms with van der Waals surface area (Å²) in [6.07, 6.45) is 1.63. The fraction of sp³-hybridized carbons (Fsp3) is 0.0952. The van der Waals surface area contributed by atoms with Gasteiger partial charge in [-0.25, -0.2) is 8.78 Å². The molecule has 0 aliphatic carbocycles. The van der Waals surface area contributed by atoms with E-state index in [1.54, 1.807) is 23.0 Å². The molecule has 0 atom stereocenters. The summed E-state index contributed by atoms with van der Waals surface area (Å²) in [4.78, 5) is 0. The second kappa shape index (κ2) is 7.59. The minimum absolute atomic E-state index is 0.110. The molecule has 1 heterocycles. The maximum atomic E-state index is 15.1. The number of hydrogen-bond donors (Lipinski definition) is 1. The van der Waals surface area contributed by atoms with Crippen molar-refractivity contribution >= 4 is 38.2 Å². The fourth-order valence-electron chi connectivity index (χ4n) is 3.05. The Bertz CT molecular complexity index is 1150. The van der Waals surface area contributed by atoms with Crippen LogP contribution in [0.25, 0.3) is 10.9 Å². The predicted octanol–water partition coefficient (Wildman–Crippen LogP) is 5.88. The van der Waals surface area contributed by atoms with Crippen LogP contribution in [0.4, 0.5) is 20.2 Å². The van der Waals surface area contributed by atoms with E-state index in [2.05, 4.69) is 26.3 Å². The summed E-state index contributed by atoms with van der Waals surface area (Å²) in [5.74, 6) is -0.767. The molecular weight excluding hydrogens is 428 g/mol. The normalized spacial score (nSPS) is 11.0. The first-order valence-corrected chi connectivity index (χ1v) is 9.34. The van der Waals surface area contributed by atoms with E-state index in [4.69, 9.17) is 4.74 Å². The van der Waals surface area contributed by atoms with Crippen molar-refractivity contribution in [3.8, 4) is 5.75 Å². The third-order valence-electron chi connectivity index (χ3n) is 4.41. The number of aromatic nitrogens is 2. The van der Waals surface area contributed by atoms with Crippen LogP contribution in [-0.2, 0) is 6.54 Å². The van der Waals surface area contributed by atoms with Crippen LogP contribution in [0.1, 0.15) is 5.56 Å². The van der Waals surface area contributed by atoms with Crippen LogP contribution < -0.4 is 10.1 Å². The smallest absolute Gasteiger partial charge is 0.165 e. The molecule has 0 fully saturated rings. The van der Waals surface area contributed by atoms with Gasteiger partial charge in [0.05, 0.1) is 30.0 Å². The summed E-state index contributed by atoms with van der Waals surface area (Å²) >= 11 is 3.33. The summed E-state index contributed by atoms with van der Waals surface area (Å²) < 4.78 is 35.6. The van der Waals surface area contributed by atoms with E-state index < -0.39 is 11.6 Å². The monoisotopic (exact) mass is 443 g/mol. The number of halogens is 3. The molecule has 4 aromatic rings. The molecule has 0 unspecified atom stereocenters. The van der Waals surface area contributed by atoms with E-state index >= 15 is 4.39 Å². The van der Waals surface area contributed by atoms with Crippen molar-refractivity contribution in [1.29, 1.82) is 0 Å². The van der Waals surface area contributed by atoms with Crippen LogP contribution in [0.3, 0.4) is 0 Å². The molecule has 7 heteroatoms. The topological polar surface area (TPSA) is 39.1 Å². The molecule has 0 spiro atoms. The van der Waals surface area contributed by atoms with Crippen molar-refractivity contribution in [2.24, 2.45) is 0 Å². The number of hydrogen-bond acceptors (Lipinski definition) is 3. The molecule has 0 radical (unpaired) electrons. The van der Waals surface area contributed by atoms with Gasteiger partial charge >= 0.3 is 0 Å². The van der Waals surface area contributed by atoms with Crippen LogP contribution in [0, 0.1) is 11.6 Å². The highest BCUT2D eigenvalue weighted by Crippen LogP contribution is 2.35. The van der Waals surface area contributed by atoms with Crippen molar-refractivity contribution in [2.45, 2.75) is 6.54 Å². The Labute approximate surface area is 168 Å². The third kappa shape index (κ3) is 3.45. The Morgan fingerprint density at radius 2 is 1.89 bits per heavy atom. The van der Waals surface area contributed by atoms with Crippen molar-refractivity contribution in [1.82, 2.24) is 9.78 Å². The summed E-state index contributed by atoms with van der Waals surface area (Å²) in [6, 6.07) is 15.9. The highest BCUT2D eigenvalue weighted by molar-refractivity contribution is 9.10. The van der Waals surface area contributed by atoms with Gasteiger partial charge in [0.2, 0.25) is 0 Å². The molecule has 0 aliphatic rings. The molecule has 4 rings (SSSR count). The van der Waals surface area contributed by atoms with E-state index in [-0.39, 0.29) is 10.2 Å². The van der Waals surface area contributed by atoms with E-state index in [0.29, 0.717) is 28.8 Å². The van der Waals surface area contributed by atoms with Gasteiger partial charge in [0.25, 0.3) is 0 Å². The van der Waals surface area contributed by atoms with Gasteiger partial charge < -0.3 is 10.1 Å². The zero-order valence-electron chi connectivity index (χ0n) is 14.9. The van der Waals surface area contributed by atoms with E-state index in [9.17, 15) is 4.39 Å². The SMILES string of the molecule is COc1cc(Nc2cc3cnn(Cc4ccccc4)c3c(F)c2Br)ccc1F. The van der Waals surface area contributed by atoms with Crippen molar-refractivity contribution < 1.29 is 13.5 Å². The number of ether oxygens (including phenoxy) is 1. The van der Waals surface area contributed by atoms with Crippen molar-refractivity contribution in [3.63, 3.8) is 0 Å². The van der Waals surface area contributed by atoms with Gasteiger partial charge in [-0.3, -0.25) is 4.68 Å². The molecule has 142 valence electrons. The molecule has 28 heavy (non-hydrogen) atoms. The van der Waals surface area contributed by atoms with Crippen LogP contribution in [0.5, 0.6) is 5.75 Å². The Balaban J connectivity index is 1.71. The summed E-state index contributed by atoms with van der Waals surface area (Å²) in [7, 11) is 1.39. The van der Waals surface area contributed by atoms with Crippen molar-refractivity contribution in [2.75, 3.05) is 12.4 Å². The van der Waals surface area contributed by atoms with Gasteiger partial charge in [-0.15, -0.1) is 0 Å². The lowest BCUT2D eigenvalue weighted by molar-refractivity contribution is 0.387. The first-order chi connectivity index (χ1) is 13.6. The van der Waals surface area contributed by atoms with E-state index in [1.807, 2.05) is 30.3 Å². The minimum Gasteiger partial charge on any atom is -0.494 e. The molecule has 0 bridgehead atoms. The standard InChI is InChI=1S/C21H16BrF2N3O/c1-28-18-10-15(7-8-16(18)23)26-17-9-14-11-25-27(21(14)20(24)19(17)22)12-13-5-3-2-4-6-13/h2-11,26H,12H2,1H3. The van der Waals surface area contributed by atoms with Crippen LogP contribution in [0.15, 0.2) is 65.3 Å². The van der Waals surface area contributed by atoms with Crippen molar-refractivity contribution in [3.05, 3.63) is 82.5 Å². The number of anilines is 2. The lowest BCUT2D eigenvalue weighted by Crippen LogP contribution is -2.03. The third-order valence-corrected chi connectivity index (χ3v) is 5.19. The van der Waals surface area contributed by atoms with E-state index in [0.717, 1.165) is 5.56 Å². The Morgan fingerprint density at radius 3 is 2.64 bits per heavy atom. The molecule has 4 nitrogen and oxygen atoms in total. The maximum absolute atomic E-state index is 15.1. The lowest BCUT2D eigenvalue weighted by atomic mass is 10.2. The first-order valence-electron chi connectivity index (χ1n) is 8.55. The summed E-state index contributed by atoms with van der Waals surface area (Å²) in [5, 5.41) is 8.09. The lowest BCUT2D eigenvalue weighted by Gasteiger charge is -2.12. The van der Waals surface area contributed by atoms with Crippen LogP contribution >= 0.6 is 15.9 Å². The molecule has 1 N–H and O–H groups in total. The van der Waals surface area contributed by atoms with Gasteiger partial charge in [0.1, 0.15) is 5.52 Å². The fourth-order valence-corrected chi connectivity index (χ4v) is 3.45. The number of methoxy groups -OCH3 is 1. The van der Waals surface area contributed by atoms with Crippen LogP contribution in [-0.4, -0.2) is 16.9 Å². The van der Waals surface area contributed by atoms with Gasteiger partial charge in [0, 0.05) is 17.1 Å². The Morgan fingerprint density at radius 1 is 1.11 bits per heavy atom. The number of benzene rings is 3. The average Bonchev–Trinajstić information content (AvgIpc) is 3.10. The van der Waals surface area contributed by atoms with E-state index in [1.165, 1.54) is 19.2 Å². The molecule has 0 aliphatic heterocycles. The predicted molar refractivity (Wildman–Crippen MR) is 109 cm³/mol. The first kappa shape index (κ1) is 18.4. The molecule has 1 aromatic heterocycles. The molecule has 0 saturated heterocycles. The number of nitrogens with zero attached hydrogens (tertiary/aromatic N) is 2. The zero-order valence-corrected chi connectivity index (χ0v) is 16.5. The molecular formula is C21H16BrF2N3O. The Hall–Kier alpha value is -2.93. The average molecular weight is 444 g/mol. The highest BCUT2D eigenvalue weighted by Gasteiger charge is 2.17. The number of nitrogens with one attached hydrogen (secondary N) is 1. The van der Waals surface area contributed by atoms with Gasteiger partial charge in [-0.1, -0.05) is 30.3 Å². The molecule has 3 aromatic carbocycles.